The van der Waals surface area contributed by atoms with E-state index in [1.54, 1.807) is 0 Å². The molecule has 0 spiro atoms. The highest BCUT2D eigenvalue weighted by molar-refractivity contribution is 6.22. The van der Waals surface area contributed by atoms with Crippen molar-refractivity contribution in [3.63, 3.8) is 0 Å². The highest BCUT2D eigenvalue weighted by Gasteiger charge is 2.18. The summed E-state index contributed by atoms with van der Waals surface area (Å²) in [5.74, 6) is 1.86. The lowest BCUT2D eigenvalue weighted by Gasteiger charge is -2.11. The van der Waals surface area contributed by atoms with Crippen molar-refractivity contribution < 1.29 is 4.42 Å². The number of furan rings is 1. The maximum Gasteiger partial charge on any atom is 0.164 e. The van der Waals surface area contributed by atoms with E-state index in [2.05, 4.69) is 115 Å². The number of hydrogen-bond acceptors (Lipinski definition) is 4. The zero-order valence-electron chi connectivity index (χ0n) is 27.5. The first-order valence-electron chi connectivity index (χ1n) is 17.1. The molecule has 238 valence electrons. The van der Waals surface area contributed by atoms with E-state index in [0.29, 0.717) is 17.5 Å². The quantitative estimate of drug-likeness (QED) is 0.186. The Kier molecular flexibility index (Phi) is 6.78. The van der Waals surface area contributed by atoms with E-state index in [1.165, 1.54) is 27.3 Å². The zero-order chi connectivity index (χ0) is 33.7. The Balaban J connectivity index is 1.10. The van der Waals surface area contributed by atoms with Crippen molar-refractivity contribution in [2.45, 2.75) is 0 Å². The van der Waals surface area contributed by atoms with Crippen molar-refractivity contribution in [2.75, 3.05) is 0 Å². The Bertz CT molecular complexity index is 2830. The van der Waals surface area contributed by atoms with Gasteiger partial charge in [0.1, 0.15) is 11.2 Å². The summed E-state index contributed by atoms with van der Waals surface area (Å²) in [5.41, 5.74) is 9.09. The van der Waals surface area contributed by atoms with Gasteiger partial charge < -0.3 is 4.42 Å². The van der Waals surface area contributed by atoms with Gasteiger partial charge in [-0.05, 0) is 62.0 Å². The van der Waals surface area contributed by atoms with Crippen LogP contribution in [0.2, 0.25) is 0 Å². The van der Waals surface area contributed by atoms with Gasteiger partial charge in [0.25, 0.3) is 0 Å². The molecular formula is C47H29N3O. The van der Waals surface area contributed by atoms with Gasteiger partial charge in [0.2, 0.25) is 0 Å². The molecule has 2 aromatic heterocycles. The van der Waals surface area contributed by atoms with Crippen LogP contribution in [0.3, 0.4) is 0 Å². The van der Waals surface area contributed by atoms with Crippen molar-refractivity contribution in [1.29, 1.82) is 0 Å². The Morgan fingerprint density at radius 2 is 0.843 bits per heavy atom. The second-order valence-corrected chi connectivity index (χ2v) is 12.8. The minimum absolute atomic E-state index is 0.599. The van der Waals surface area contributed by atoms with Crippen LogP contribution in [-0.2, 0) is 0 Å². The van der Waals surface area contributed by atoms with Crippen LogP contribution < -0.4 is 0 Å². The second-order valence-electron chi connectivity index (χ2n) is 12.8. The van der Waals surface area contributed by atoms with Crippen LogP contribution in [-0.4, -0.2) is 15.0 Å². The van der Waals surface area contributed by atoms with E-state index in [1.807, 2.05) is 60.7 Å². The fourth-order valence-electron chi connectivity index (χ4n) is 7.26. The molecule has 0 radical (unpaired) electrons. The SMILES string of the molecule is c1ccc(-c2nc(-c3ccccc3)nc(-c3ccc4c(c3)oc3cc(-c5ccc(-c6cccc7ccccc67)cc5)c5ccccc5c34)n2)cc1. The van der Waals surface area contributed by atoms with Crippen LogP contribution in [0.4, 0.5) is 0 Å². The third-order valence-corrected chi connectivity index (χ3v) is 9.73. The smallest absolute Gasteiger partial charge is 0.164 e. The molecule has 4 heteroatoms. The summed E-state index contributed by atoms with van der Waals surface area (Å²) in [6.07, 6.45) is 0. The Morgan fingerprint density at radius 3 is 1.53 bits per heavy atom. The molecule has 2 heterocycles. The maximum absolute atomic E-state index is 6.68. The van der Waals surface area contributed by atoms with Gasteiger partial charge in [0.05, 0.1) is 0 Å². The summed E-state index contributed by atoms with van der Waals surface area (Å²) in [6, 6.07) is 61.1. The maximum atomic E-state index is 6.68. The zero-order valence-corrected chi connectivity index (χ0v) is 27.5. The molecule has 0 atom stereocenters. The first kappa shape index (κ1) is 29.0. The van der Waals surface area contributed by atoms with E-state index in [0.717, 1.165) is 55.1 Å². The third kappa shape index (κ3) is 5.04. The fraction of sp³-hybridized carbons (Fsp3) is 0. The average Bonchev–Trinajstić information content (AvgIpc) is 3.59. The molecule has 4 nitrogen and oxygen atoms in total. The summed E-state index contributed by atoms with van der Waals surface area (Å²) in [4.78, 5) is 14.8. The molecule has 0 saturated heterocycles. The van der Waals surface area contributed by atoms with Gasteiger partial charge in [-0.15, -0.1) is 0 Å². The number of hydrogen-bond donors (Lipinski definition) is 0. The molecule has 0 bridgehead atoms. The lowest BCUT2D eigenvalue weighted by atomic mass is 9.93. The second kappa shape index (κ2) is 11.9. The van der Waals surface area contributed by atoms with Crippen LogP contribution in [0.15, 0.2) is 180 Å². The van der Waals surface area contributed by atoms with Gasteiger partial charge in [-0.25, -0.2) is 15.0 Å². The van der Waals surface area contributed by atoms with E-state index < -0.39 is 0 Å². The van der Waals surface area contributed by atoms with Gasteiger partial charge in [-0.3, -0.25) is 0 Å². The van der Waals surface area contributed by atoms with Gasteiger partial charge in [0.15, 0.2) is 17.5 Å². The summed E-state index contributed by atoms with van der Waals surface area (Å²) in [5, 5.41) is 7.01. The van der Waals surface area contributed by atoms with Crippen LogP contribution in [0.1, 0.15) is 0 Å². The average molecular weight is 652 g/mol. The fourth-order valence-corrected chi connectivity index (χ4v) is 7.26. The largest absolute Gasteiger partial charge is 0.456 e. The molecule has 0 aliphatic heterocycles. The molecule has 10 aromatic rings. The molecular weight excluding hydrogens is 623 g/mol. The lowest BCUT2D eigenvalue weighted by molar-refractivity contribution is 0.669. The van der Waals surface area contributed by atoms with E-state index in [-0.39, 0.29) is 0 Å². The number of benzene rings is 8. The monoisotopic (exact) mass is 651 g/mol. The van der Waals surface area contributed by atoms with Crippen LogP contribution in [0, 0.1) is 0 Å². The van der Waals surface area contributed by atoms with E-state index in [9.17, 15) is 0 Å². The Morgan fingerprint density at radius 1 is 0.314 bits per heavy atom. The lowest BCUT2D eigenvalue weighted by Crippen LogP contribution is -2.00. The summed E-state index contributed by atoms with van der Waals surface area (Å²) >= 11 is 0. The van der Waals surface area contributed by atoms with Crippen molar-refractivity contribution in [2.24, 2.45) is 0 Å². The molecule has 0 fully saturated rings. The molecule has 10 rings (SSSR count). The van der Waals surface area contributed by atoms with Gasteiger partial charge >= 0.3 is 0 Å². The molecule has 8 aromatic carbocycles. The minimum atomic E-state index is 0.599. The molecule has 0 unspecified atom stereocenters. The first-order chi connectivity index (χ1) is 25.3. The van der Waals surface area contributed by atoms with Crippen molar-refractivity contribution >= 4 is 43.5 Å². The molecule has 0 N–H and O–H groups in total. The van der Waals surface area contributed by atoms with Gasteiger partial charge in [-0.2, -0.15) is 0 Å². The molecule has 0 aliphatic carbocycles. The molecule has 51 heavy (non-hydrogen) atoms. The highest BCUT2D eigenvalue weighted by atomic mass is 16.3. The predicted octanol–water partition coefficient (Wildman–Crippen LogP) is 12.4. The number of aromatic nitrogens is 3. The number of nitrogens with zero attached hydrogens (tertiary/aromatic N) is 3. The van der Waals surface area contributed by atoms with Crippen LogP contribution >= 0.6 is 0 Å². The molecule has 0 amide bonds. The first-order valence-corrected chi connectivity index (χ1v) is 17.1. The summed E-state index contributed by atoms with van der Waals surface area (Å²) < 4.78 is 6.68. The number of rotatable bonds is 5. The van der Waals surface area contributed by atoms with Crippen LogP contribution in [0.5, 0.6) is 0 Å². The van der Waals surface area contributed by atoms with Crippen LogP contribution in [0.25, 0.3) is 99.9 Å². The standard InChI is InChI=1S/C47H29N3O/c1-3-13-33(14-4-1)45-48-46(34-15-5-2-6-16-34)50-47(49-45)35-26-27-40-42(28-35)51-43-29-41(38-19-9-10-20-39(38)44(40)43)32-24-22-31(23-25-32)37-21-11-17-30-12-7-8-18-36(30)37/h1-29H. The normalized spacial score (nSPS) is 11.5. The van der Waals surface area contributed by atoms with Gasteiger partial charge in [0, 0.05) is 27.5 Å². The summed E-state index contributed by atoms with van der Waals surface area (Å²) in [6.45, 7) is 0. The van der Waals surface area contributed by atoms with E-state index in [4.69, 9.17) is 19.4 Å². The Hall–Kier alpha value is -6.91. The summed E-state index contributed by atoms with van der Waals surface area (Å²) in [7, 11) is 0. The van der Waals surface area contributed by atoms with Gasteiger partial charge in [-0.1, -0.05) is 158 Å². The molecule has 0 aliphatic rings. The minimum Gasteiger partial charge on any atom is -0.456 e. The van der Waals surface area contributed by atoms with Crippen molar-refractivity contribution in [1.82, 2.24) is 15.0 Å². The molecule has 0 saturated carbocycles. The van der Waals surface area contributed by atoms with Crippen molar-refractivity contribution in [3.8, 4) is 56.4 Å². The Labute approximate surface area is 294 Å². The van der Waals surface area contributed by atoms with Crippen molar-refractivity contribution in [3.05, 3.63) is 176 Å². The van der Waals surface area contributed by atoms with E-state index >= 15 is 0 Å². The topological polar surface area (TPSA) is 51.8 Å². The third-order valence-electron chi connectivity index (χ3n) is 9.73. The highest BCUT2D eigenvalue weighted by Crippen LogP contribution is 2.41. The number of fused-ring (bicyclic) bond motifs is 6. The predicted molar refractivity (Wildman–Crippen MR) is 209 cm³/mol.